The minimum Gasteiger partial charge on any atom is -0.416 e. The third kappa shape index (κ3) is 4.00. The van der Waals surface area contributed by atoms with Crippen molar-refractivity contribution in [3.8, 4) is 40.1 Å². The third-order valence-electron chi connectivity index (χ3n) is 8.94. The number of rotatable bonds is 4. The summed E-state index contributed by atoms with van der Waals surface area (Å²) in [6.07, 6.45) is 0. The Hall–Kier alpha value is -6.60. The van der Waals surface area contributed by atoms with Crippen molar-refractivity contribution in [2.24, 2.45) is 0 Å². The highest BCUT2D eigenvalue weighted by molar-refractivity contribution is 6.10. The second kappa shape index (κ2) is 9.95. The third-order valence-corrected chi connectivity index (χ3v) is 8.94. The van der Waals surface area contributed by atoms with Gasteiger partial charge in [0.25, 0.3) is 0 Å². The topological polar surface area (TPSA) is 85.4 Å². The molecule has 6 aromatic carbocycles. The SMILES string of the molecule is c1ccc(-c2nc(-n3c4ccccc4c4ccc(-c5nnc(-c6ccc7c(c6)[nH]c6ccccc67)o5)cc43)nc3ccccc23)cc1. The van der Waals surface area contributed by atoms with Crippen molar-refractivity contribution in [1.82, 2.24) is 29.7 Å². The lowest BCUT2D eigenvalue weighted by atomic mass is 10.1. The van der Waals surface area contributed by atoms with E-state index < -0.39 is 0 Å². The molecule has 0 bridgehead atoms. The highest BCUT2D eigenvalue weighted by Crippen LogP contribution is 2.36. The predicted octanol–water partition coefficient (Wildman–Crippen LogP) is 9.75. The monoisotopic (exact) mass is 604 g/mol. The Morgan fingerprint density at radius 3 is 1.96 bits per heavy atom. The summed E-state index contributed by atoms with van der Waals surface area (Å²) >= 11 is 0. The Balaban J connectivity index is 1.14. The number of aromatic amines is 1. The van der Waals surface area contributed by atoms with Gasteiger partial charge < -0.3 is 9.40 Å². The highest BCUT2D eigenvalue weighted by atomic mass is 16.4. The van der Waals surface area contributed by atoms with Crippen LogP contribution in [0.25, 0.3) is 94.6 Å². The van der Waals surface area contributed by atoms with E-state index in [2.05, 4.69) is 98.6 Å². The number of benzene rings is 6. The van der Waals surface area contributed by atoms with Gasteiger partial charge in [-0.1, -0.05) is 97.1 Å². The van der Waals surface area contributed by atoms with Gasteiger partial charge in [-0.3, -0.25) is 4.57 Å². The molecule has 0 aliphatic carbocycles. The molecule has 0 saturated carbocycles. The largest absolute Gasteiger partial charge is 0.416 e. The molecule has 0 saturated heterocycles. The zero-order valence-electron chi connectivity index (χ0n) is 24.9. The molecule has 47 heavy (non-hydrogen) atoms. The van der Waals surface area contributed by atoms with E-state index in [1.807, 2.05) is 60.7 Å². The van der Waals surface area contributed by atoms with Crippen molar-refractivity contribution < 1.29 is 4.42 Å². The first-order chi connectivity index (χ1) is 23.3. The lowest BCUT2D eigenvalue weighted by molar-refractivity contribution is 0.585. The second-order valence-electron chi connectivity index (χ2n) is 11.7. The van der Waals surface area contributed by atoms with E-state index >= 15 is 0 Å². The number of hydrogen-bond donors (Lipinski definition) is 1. The zero-order valence-corrected chi connectivity index (χ0v) is 24.9. The Morgan fingerprint density at radius 1 is 0.468 bits per heavy atom. The molecule has 0 amide bonds. The molecule has 0 radical (unpaired) electrons. The Kier molecular flexibility index (Phi) is 5.44. The van der Waals surface area contributed by atoms with E-state index in [9.17, 15) is 0 Å². The number of nitrogens with zero attached hydrogens (tertiary/aromatic N) is 5. The fourth-order valence-electron chi connectivity index (χ4n) is 6.74. The van der Waals surface area contributed by atoms with Crippen LogP contribution in [-0.2, 0) is 0 Å². The molecular formula is C40H24N6O. The maximum Gasteiger partial charge on any atom is 0.248 e. The van der Waals surface area contributed by atoms with E-state index in [-0.39, 0.29) is 0 Å². The minimum atomic E-state index is 0.444. The summed E-state index contributed by atoms with van der Waals surface area (Å²) in [6.45, 7) is 0. The van der Waals surface area contributed by atoms with Gasteiger partial charge in [0.2, 0.25) is 17.7 Å². The fourth-order valence-corrected chi connectivity index (χ4v) is 6.74. The zero-order chi connectivity index (χ0) is 30.9. The first kappa shape index (κ1) is 25.7. The Labute approximate surface area is 267 Å². The maximum absolute atomic E-state index is 6.31. The first-order valence-electron chi connectivity index (χ1n) is 15.5. The van der Waals surface area contributed by atoms with Crippen LogP contribution in [0.15, 0.2) is 144 Å². The summed E-state index contributed by atoms with van der Waals surface area (Å²) in [7, 11) is 0. The molecule has 0 atom stereocenters. The normalized spacial score (nSPS) is 11.8. The molecule has 10 aromatic rings. The molecule has 0 aliphatic rings. The molecule has 7 nitrogen and oxygen atoms in total. The van der Waals surface area contributed by atoms with Crippen LogP contribution in [-0.4, -0.2) is 29.7 Å². The number of hydrogen-bond acceptors (Lipinski definition) is 5. The van der Waals surface area contributed by atoms with E-state index in [4.69, 9.17) is 14.4 Å². The number of fused-ring (bicyclic) bond motifs is 7. The quantitative estimate of drug-likeness (QED) is 0.216. The standard InChI is InChI=1S/C40H24N6O/c1-2-10-24(11-3-1)37-31-14-5-8-16-33(31)42-40(43-37)46-35-17-9-6-13-29(35)30-21-19-26(23-36(30)46)39-45-44-38(47-39)25-18-20-28-27-12-4-7-15-32(27)41-34(28)22-25/h1-23,41H. The molecule has 4 heterocycles. The smallest absolute Gasteiger partial charge is 0.248 e. The summed E-state index contributed by atoms with van der Waals surface area (Å²) < 4.78 is 8.44. The van der Waals surface area contributed by atoms with Gasteiger partial charge >= 0.3 is 0 Å². The van der Waals surface area contributed by atoms with Crippen LogP contribution in [0.1, 0.15) is 0 Å². The molecule has 0 fully saturated rings. The van der Waals surface area contributed by atoms with Crippen LogP contribution >= 0.6 is 0 Å². The van der Waals surface area contributed by atoms with Crippen LogP contribution in [0.5, 0.6) is 0 Å². The lowest BCUT2D eigenvalue weighted by Crippen LogP contribution is -2.03. The molecule has 0 unspecified atom stereocenters. The second-order valence-corrected chi connectivity index (χ2v) is 11.7. The van der Waals surface area contributed by atoms with E-state index in [1.165, 1.54) is 5.39 Å². The summed E-state index contributed by atoms with van der Waals surface area (Å²) in [5.74, 6) is 1.51. The first-order valence-corrected chi connectivity index (χ1v) is 15.5. The van der Waals surface area contributed by atoms with Crippen LogP contribution < -0.4 is 0 Å². The molecule has 0 spiro atoms. The van der Waals surface area contributed by atoms with Crippen molar-refractivity contribution in [1.29, 1.82) is 0 Å². The van der Waals surface area contributed by atoms with Gasteiger partial charge in [0.05, 0.1) is 22.2 Å². The molecule has 0 aliphatic heterocycles. The van der Waals surface area contributed by atoms with Gasteiger partial charge in [-0.05, 0) is 42.5 Å². The molecule has 220 valence electrons. The van der Waals surface area contributed by atoms with Gasteiger partial charge in [-0.15, -0.1) is 10.2 Å². The van der Waals surface area contributed by atoms with Gasteiger partial charge in [0.1, 0.15) is 0 Å². The van der Waals surface area contributed by atoms with E-state index in [0.29, 0.717) is 17.7 Å². The lowest BCUT2D eigenvalue weighted by Gasteiger charge is -2.11. The molecular weight excluding hydrogens is 580 g/mol. The van der Waals surface area contributed by atoms with Crippen molar-refractivity contribution in [2.45, 2.75) is 0 Å². The van der Waals surface area contributed by atoms with Crippen molar-refractivity contribution in [2.75, 3.05) is 0 Å². The molecule has 10 rings (SSSR count). The van der Waals surface area contributed by atoms with Gasteiger partial charge in [0.15, 0.2) is 0 Å². The van der Waals surface area contributed by atoms with Crippen molar-refractivity contribution in [3.05, 3.63) is 140 Å². The maximum atomic E-state index is 6.31. The fraction of sp³-hybridized carbons (Fsp3) is 0. The van der Waals surface area contributed by atoms with Crippen LogP contribution in [0.2, 0.25) is 0 Å². The Bertz CT molecular complexity index is 2810. The van der Waals surface area contributed by atoms with E-state index in [1.54, 1.807) is 0 Å². The summed E-state index contributed by atoms with van der Waals surface area (Å²) in [6, 6.07) is 47.5. The number of nitrogens with one attached hydrogen (secondary N) is 1. The number of aromatic nitrogens is 6. The van der Waals surface area contributed by atoms with Crippen LogP contribution in [0.3, 0.4) is 0 Å². The van der Waals surface area contributed by atoms with Gasteiger partial charge in [0, 0.05) is 54.7 Å². The van der Waals surface area contributed by atoms with Gasteiger partial charge in [-0.2, -0.15) is 0 Å². The minimum absolute atomic E-state index is 0.444. The average Bonchev–Trinajstić information content (AvgIpc) is 3.85. The van der Waals surface area contributed by atoms with E-state index in [0.717, 1.165) is 71.5 Å². The van der Waals surface area contributed by atoms with Crippen molar-refractivity contribution >= 4 is 54.5 Å². The van der Waals surface area contributed by atoms with Crippen molar-refractivity contribution in [3.63, 3.8) is 0 Å². The summed E-state index contributed by atoms with van der Waals surface area (Å²) in [4.78, 5) is 13.8. The predicted molar refractivity (Wildman–Crippen MR) is 187 cm³/mol. The molecule has 1 N–H and O–H groups in total. The average molecular weight is 605 g/mol. The summed E-state index contributed by atoms with van der Waals surface area (Å²) in [5, 5.41) is 14.5. The molecule has 4 aromatic heterocycles. The van der Waals surface area contributed by atoms with Crippen LogP contribution in [0.4, 0.5) is 0 Å². The van der Waals surface area contributed by atoms with Crippen LogP contribution in [0, 0.1) is 0 Å². The summed E-state index contributed by atoms with van der Waals surface area (Å²) in [5.41, 5.74) is 8.59. The Morgan fingerprint density at radius 2 is 1.11 bits per heavy atom. The molecule has 7 heteroatoms. The van der Waals surface area contributed by atoms with Gasteiger partial charge in [-0.25, -0.2) is 9.97 Å². The highest BCUT2D eigenvalue weighted by Gasteiger charge is 2.19. The number of para-hydroxylation sites is 3. The number of H-pyrrole nitrogens is 1.